The van der Waals surface area contributed by atoms with Crippen LogP contribution in [0.5, 0.6) is 5.75 Å². The summed E-state index contributed by atoms with van der Waals surface area (Å²) in [5.74, 6) is 1.84. The summed E-state index contributed by atoms with van der Waals surface area (Å²) in [6.07, 6.45) is 1.61. The van der Waals surface area contributed by atoms with E-state index in [1.807, 2.05) is 48.7 Å². The largest absolute Gasteiger partial charge is 0.497 e. The van der Waals surface area contributed by atoms with Gasteiger partial charge in [0.2, 0.25) is 5.82 Å². The highest BCUT2D eigenvalue weighted by atomic mass is 16.5. The SMILES string of the molecule is COc1ccc(-c2nc([C@@H]3CN(Cc4ccccn4)CCO3)no2)cc1. The number of benzene rings is 1. The Kier molecular flexibility index (Phi) is 4.90. The molecule has 0 amide bonds. The highest BCUT2D eigenvalue weighted by Gasteiger charge is 2.26. The number of ether oxygens (including phenoxy) is 2. The van der Waals surface area contributed by atoms with E-state index in [4.69, 9.17) is 14.0 Å². The Morgan fingerprint density at radius 1 is 1.19 bits per heavy atom. The van der Waals surface area contributed by atoms with Crippen molar-refractivity contribution in [3.05, 3.63) is 60.2 Å². The van der Waals surface area contributed by atoms with E-state index in [0.29, 0.717) is 24.9 Å². The number of hydrogen-bond acceptors (Lipinski definition) is 7. The predicted octanol–water partition coefficient (Wildman–Crippen LogP) is 2.71. The van der Waals surface area contributed by atoms with Crippen LogP contribution >= 0.6 is 0 Å². The van der Waals surface area contributed by atoms with Gasteiger partial charge in [0, 0.05) is 31.4 Å². The first-order chi connectivity index (χ1) is 12.8. The molecule has 3 heterocycles. The molecular weight excluding hydrogens is 332 g/mol. The molecule has 1 aliphatic heterocycles. The number of pyridine rings is 1. The van der Waals surface area contributed by atoms with Crippen LogP contribution in [-0.4, -0.2) is 46.8 Å². The average molecular weight is 352 g/mol. The average Bonchev–Trinajstić information content (AvgIpc) is 3.19. The quantitative estimate of drug-likeness (QED) is 0.699. The second-order valence-electron chi connectivity index (χ2n) is 6.10. The van der Waals surface area contributed by atoms with E-state index in [1.54, 1.807) is 7.11 Å². The molecule has 26 heavy (non-hydrogen) atoms. The van der Waals surface area contributed by atoms with E-state index in [0.717, 1.165) is 30.1 Å². The van der Waals surface area contributed by atoms with Gasteiger partial charge in [-0.3, -0.25) is 9.88 Å². The molecule has 3 aromatic rings. The number of aromatic nitrogens is 3. The predicted molar refractivity (Wildman–Crippen MR) is 94.5 cm³/mol. The molecule has 0 saturated carbocycles. The molecule has 0 bridgehead atoms. The highest BCUT2D eigenvalue weighted by molar-refractivity contribution is 5.54. The fraction of sp³-hybridized carbons (Fsp3) is 0.316. The summed E-state index contributed by atoms with van der Waals surface area (Å²) in [5.41, 5.74) is 1.89. The van der Waals surface area contributed by atoms with Crippen molar-refractivity contribution in [2.24, 2.45) is 0 Å². The zero-order valence-electron chi connectivity index (χ0n) is 14.5. The first kappa shape index (κ1) is 16.7. The molecular formula is C19H20N4O3. The van der Waals surface area contributed by atoms with Crippen molar-refractivity contribution in [2.75, 3.05) is 26.8 Å². The third kappa shape index (κ3) is 3.74. The van der Waals surface area contributed by atoms with E-state index in [-0.39, 0.29) is 6.10 Å². The van der Waals surface area contributed by atoms with Crippen LogP contribution in [0.25, 0.3) is 11.5 Å². The molecule has 4 rings (SSSR count). The van der Waals surface area contributed by atoms with E-state index in [1.165, 1.54) is 0 Å². The van der Waals surface area contributed by atoms with Crippen LogP contribution in [0.2, 0.25) is 0 Å². The maximum absolute atomic E-state index is 5.85. The molecule has 0 unspecified atom stereocenters. The van der Waals surface area contributed by atoms with Crippen LogP contribution in [0, 0.1) is 0 Å². The Morgan fingerprint density at radius 3 is 2.85 bits per heavy atom. The van der Waals surface area contributed by atoms with Crippen LogP contribution in [0.15, 0.2) is 53.2 Å². The molecule has 0 aliphatic carbocycles. The van der Waals surface area contributed by atoms with Crippen LogP contribution in [-0.2, 0) is 11.3 Å². The summed E-state index contributed by atoms with van der Waals surface area (Å²) in [4.78, 5) is 11.2. The molecule has 1 aliphatic rings. The van der Waals surface area contributed by atoms with Crippen LogP contribution < -0.4 is 4.74 Å². The van der Waals surface area contributed by atoms with Crippen LogP contribution in [0.3, 0.4) is 0 Å². The molecule has 1 atom stereocenters. The zero-order chi connectivity index (χ0) is 17.8. The van der Waals surface area contributed by atoms with Crippen molar-refractivity contribution in [2.45, 2.75) is 12.6 Å². The Labute approximate surface area is 151 Å². The van der Waals surface area contributed by atoms with Crippen LogP contribution in [0.4, 0.5) is 0 Å². The molecule has 0 spiro atoms. The normalized spacial score (nSPS) is 18.0. The standard InChI is InChI=1S/C19H20N4O3/c1-24-16-7-5-14(6-8-16)19-21-18(22-26-19)17-13-23(10-11-25-17)12-15-4-2-3-9-20-15/h2-9,17H,10-13H2,1H3/t17-/m0/s1. The van der Waals surface area contributed by atoms with Crippen molar-refractivity contribution in [3.63, 3.8) is 0 Å². The molecule has 0 radical (unpaired) electrons. The Hall–Kier alpha value is -2.77. The van der Waals surface area contributed by atoms with E-state index in [2.05, 4.69) is 20.0 Å². The van der Waals surface area contributed by atoms with Crippen LogP contribution in [0.1, 0.15) is 17.6 Å². The lowest BCUT2D eigenvalue weighted by molar-refractivity contribution is -0.0384. The summed E-state index contributed by atoms with van der Waals surface area (Å²) in [7, 11) is 1.64. The van der Waals surface area contributed by atoms with Gasteiger partial charge in [0.1, 0.15) is 11.9 Å². The Balaban J connectivity index is 1.44. The Morgan fingerprint density at radius 2 is 2.08 bits per heavy atom. The van der Waals surface area contributed by atoms with Crippen molar-refractivity contribution < 1.29 is 14.0 Å². The van der Waals surface area contributed by atoms with Crippen molar-refractivity contribution in [3.8, 4) is 17.2 Å². The fourth-order valence-electron chi connectivity index (χ4n) is 2.94. The lowest BCUT2D eigenvalue weighted by Gasteiger charge is -2.31. The molecule has 1 aromatic carbocycles. The lowest BCUT2D eigenvalue weighted by atomic mass is 10.2. The summed E-state index contributed by atoms with van der Waals surface area (Å²) < 4.78 is 16.4. The van der Waals surface area contributed by atoms with E-state index < -0.39 is 0 Å². The maximum Gasteiger partial charge on any atom is 0.258 e. The summed E-state index contributed by atoms with van der Waals surface area (Å²) in [5, 5.41) is 4.12. The Bertz CT molecular complexity index is 836. The lowest BCUT2D eigenvalue weighted by Crippen LogP contribution is -2.38. The van der Waals surface area contributed by atoms with Gasteiger partial charge in [-0.1, -0.05) is 11.2 Å². The summed E-state index contributed by atoms with van der Waals surface area (Å²) >= 11 is 0. The van der Waals surface area contributed by atoms with Gasteiger partial charge in [0.15, 0.2) is 0 Å². The molecule has 1 saturated heterocycles. The maximum atomic E-state index is 5.85. The van der Waals surface area contributed by atoms with Gasteiger partial charge in [-0.05, 0) is 36.4 Å². The monoisotopic (exact) mass is 352 g/mol. The van der Waals surface area contributed by atoms with Gasteiger partial charge >= 0.3 is 0 Å². The van der Waals surface area contributed by atoms with Crippen molar-refractivity contribution in [1.29, 1.82) is 0 Å². The second-order valence-corrected chi connectivity index (χ2v) is 6.10. The molecule has 7 heteroatoms. The molecule has 1 fully saturated rings. The first-order valence-electron chi connectivity index (χ1n) is 8.54. The minimum atomic E-state index is -0.205. The zero-order valence-corrected chi connectivity index (χ0v) is 14.5. The van der Waals surface area contributed by atoms with Gasteiger partial charge in [-0.2, -0.15) is 4.98 Å². The topological polar surface area (TPSA) is 73.5 Å². The number of morpholine rings is 1. The van der Waals surface area contributed by atoms with Gasteiger partial charge < -0.3 is 14.0 Å². The third-order valence-corrected chi connectivity index (χ3v) is 4.33. The minimum absolute atomic E-state index is 0.205. The summed E-state index contributed by atoms with van der Waals surface area (Å²) in [6, 6.07) is 13.5. The number of nitrogens with zero attached hydrogens (tertiary/aromatic N) is 4. The second kappa shape index (κ2) is 7.63. The van der Waals surface area contributed by atoms with E-state index in [9.17, 15) is 0 Å². The fourth-order valence-corrected chi connectivity index (χ4v) is 2.94. The molecule has 2 aromatic heterocycles. The smallest absolute Gasteiger partial charge is 0.258 e. The van der Waals surface area contributed by atoms with Crippen molar-refractivity contribution >= 4 is 0 Å². The number of rotatable bonds is 5. The molecule has 7 nitrogen and oxygen atoms in total. The third-order valence-electron chi connectivity index (χ3n) is 4.33. The highest BCUT2D eigenvalue weighted by Crippen LogP contribution is 2.25. The molecule has 0 N–H and O–H groups in total. The number of hydrogen-bond donors (Lipinski definition) is 0. The van der Waals surface area contributed by atoms with Crippen molar-refractivity contribution in [1.82, 2.24) is 20.0 Å². The van der Waals surface area contributed by atoms with E-state index >= 15 is 0 Å². The van der Waals surface area contributed by atoms with Gasteiger partial charge in [0.05, 0.1) is 19.4 Å². The van der Waals surface area contributed by atoms with Gasteiger partial charge in [0.25, 0.3) is 5.89 Å². The van der Waals surface area contributed by atoms with Gasteiger partial charge in [-0.15, -0.1) is 0 Å². The summed E-state index contributed by atoms with van der Waals surface area (Å²) in [6.45, 7) is 2.97. The molecule has 134 valence electrons. The number of methoxy groups -OCH3 is 1. The minimum Gasteiger partial charge on any atom is -0.497 e. The first-order valence-corrected chi connectivity index (χ1v) is 8.54. The van der Waals surface area contributed by atoms with Gasteiger partial charge in [-0.25, -0.2) is 0 Å².